The smallest absolute Gasteiger partial charge is 0.341 e. The fourth-order valence-electron chi connectivity index (χ4n) is 3.62. The molecule has 2 atom stereocenters. The topological polar surface area (TPSA) is 65.1 Å². The van der Waals surface area contributed by atoms with Gasteiger partial charge < -0.3 is 19.1 Å². The summed E-state index contributed by atoms with van der Waals surface area (Å²) in [7, 11) is 0. The number of esters is 1. The lowest BCUT2D eigenvalue weighted by Crippen LogP contribution is -2.57. The standard InChI is InChI=1S/C19H25NO5/c1-3-24-17-10-13(8-9-16(17)19(22)25-4-2)18(21)20-14-6-5-7-15(20)12-23-11-14/h8-10,14-15H,3-7,11-12H2,1-2H3. The second-order valence-corrected chi connectivity index (χ2v) is 6.35. The number of hydrogen-bond donors (Lipinski definition) is 0. The number of carbonyl (C=O) groups excluding carboxylic acids is 2. The van der Waals surface area contributed by atoms with Crippen molar-refractivity contribution in [1.82, 2.24) is 4.90 Å². The number of rotatable bonds is 5. The highest BCUT2D eigenvalue weighted by atomic mass is 16.5. The number of carbonyl (C=O) groups is 2. The van der Waals surface area contributed by atoms with E-state index in [-0.39, 0.29) is 18.0 Å². The predicted molar refractivity (Wildman–Crippen MR) is 92.0 cm³/mol. The number of amides is 1. The number of nitrogens with zero attached hydrogens (tertiary/aromatic N) is 1. The number of hydrogen-bond acceptors (Lipinski definition) is 5. The van der Waals surface area contributed by atoms with Gasteiger partial charge in [-0.1, -0.05) is 0 Å². The zero-order valence-corrected chi connectivity index (χ0v) is 14.8. The Morgan fingerprint density at radius 3 is 2.52 bits per heavy atom. The fourth-order valence-corrected chi connectivity index (χ4v) is 3.62. The second kappa shape index (κ2) is 7.87. The van der Waals surface area contributed by atoms with E-state index in [0.717, 1.165) is 19.3 Å². The summed E-state index contributed by atoms with van der Waals surface area (Å²) in [6.45, 7) is 5.50. The molecular weight excluding hydrogens is 322 g/mol. The van der Waals surface area contributed by atoms with Crippen LogP contribution in [0, 0.1) is 0 Å². The summed E-state index contributed by atoms with van der Waals surface area (Å²) in [4.78, 5) is 27.1. The first kappa shape index (κ1) is 17.7. The molecule has 6 nitrogen and oxygen atoms in total. The van der Waals surface area contributed by atoms with Gasteiger partial charge in [0.15, 0.2) is 0 Å². The largest absolute Gasteiger partial charge is 0.493 e. The minimum absolute atomic E-state index is 0.0191. The summed E-state index contributed by atoms with van der Waals surface area (Å²) in [5, 5.41) is 0. The van der Waals surface area contributed by atoms with E-state index < -0.39 is 5.97 Å². The Balaban J connectivity index is 1.87. The molecule has 2 saturated heterocycles. The van der Waals surface area contributed by atoms with Crippen LogP contribution in [0.2, 0.25) is 0 Å². The molecule has 0 aromatic heterocycles. The van der Waals surface area contributed by atoms with Gasteiger partial charge in [-0.25, -0.2) is 4.79 Å². The molecule has 1 aromatic rings. The highest BCUT2D eigenvalue weighted by molar-refractivity contribution is 5.98. The highest BCUT2D eigenvalue weighted by Gasteiger charge is 2.38. The van der Waals surface area contributed by atoms with E-state index in [1.807, 2.05) is 11.8 Å². The molecular formula is C19H25NO5. The van der Waals surface area contributed by atoms with Crippen LogP contribution in [0.1, 0.15) is 53.8 Å². The Bertz CT molecular complexity index is 623. The number of fused-ring (bicyclic) bond motifs is 2. The van der Waals surface area contributed by atoms with Crippen LogP contribution in [0.4, 0.5) is 0 Å². The van der Waals surface area contributed by atoms with Crippen molar-refractivity contribution in [3.63, 3.8) is 0 Å². The Hall–Kier alpha value is -2.08. The van der Waals surface area contributed by atoms with E-state index in [9.17, 15) is 9.59 Å². The molecule has 0 spiro atoms. The van der Waals surface area contributed by atoms with E-state index in [0.29, 0.717) is 43.3 Å². The Morgan fingerprint density at radius 2 is 1.88 bits per heavy atom. The zero-order valence-electron chi connectivity index (χ0n) is 14.8. The van der Waals surface area contributed by atoms with Crippen LogP contribution >= 0.6 is 0 Å². The van der Waals surface area contributed by atoms with Crippen LogP contribution in [0.3, 0.4) is 0 Å². The van der Waals surface area contributed by atoms with Crippen LogP contribution in [0.5, 0.6) is 5.75 Å². The molecule has 0 N–H and O–H groups in total. The third kappa shape index (κ3) is 3.63. The summed E-state index contributed by atoms with van der Waals surface area (Å²) >= 11 is 0. The molecule has 2 bridgehead atoms. The first-order valence-corrected chi connectivity index (χ1v) is 9.00. The van der Waals surface area contributed by atoms with Gasteiger partial charge in [-0.2, -0.15) is 0 Å². The molecule has 1 amide bonds. The zero-order chi connectivity index (χ0) is 17.8. The Morgan fingerprint density at radius 1 is 1.16 bits per heavy atom. The number of morpholine rings is 1. The SMILES string of the molecule is CCOC(=O)c1ccc(C(=O)N2C3CCCC2COC3)cc1OCC. The molecule has 25 heavy (non-hydrogen) atoms. The molecule has 2 unspecified atom stereocenters. The highest BCUT2D eigenvalue weighted by Crippen LogP contribution is 2.30. The van der Waals surface area contributed by atoms with E-state index >= 15 is 0 Å². The van der Waals surface area contributed by atoms with E-state index in [1.165, 1.54) is 0 Å². The molecule has 2 aliphatic rings. The number of ether oxygens (including phenoxy) is 3. The van der Waals surface area contributed by atoms with Crippen molar-refractivity contribution in [3.8, 4) is 5.75 Å². The summed E-state index contributed by atoms with van der Waals surface area (Å²) in [5.41, 5.74) is 0.887. The first-order valence-electron chi connectivity index (χ1n) is 9.00. The van der Waals surface area contributed by atoms with Crippen LogP contribution in [0.15, 0.2) is 18.2 Å². The normalized spacial score (nSPS) is 22.4. The monoisotopic (exact) mass is 347 g/mol. The van der Waals surface area contributed by atoms with E-state index in [4.69, 9.17) is 14.2 Å². The lowest BCUT2D eigenvalue weighted by atomic mass is 9.93. The van der Waals surface area contributed by atoms with Gasteiger partial charge in [0.05, 0.1) is 38.5 Å². The summed E-state index contributed by atoms with van der Waals surface area (Å²) in [6.07, 6.45) is 3.08. The van der Waals surface area contributed by atoms with Crippen LogP contribution in [-0.4, -0.2) is 55.3 Å². The average molecular weight is 347 g/mol. The maximum Gasteiger partial charge on any atom is 0.341 e. The van der Waals surface area contributed by atoms with Crippen molar-refractivity contribution in [2.45, 2.75) is 45.2 Å². The molecule has 6 heteroatoms. The summed E-state index contributed by atoms with van der Waals surface area (Å²) in [5.74, 6) is -0.0622. The third-order valence-corrected chi connectivity index (χ3v) is 4.74. The maximum absolute atomic E-state index is 13.1. The minimum Gasteiger partial charge on any atom is -0.493 e. The van der Waals surface area contributed by atoms with Crippen molar-refractivity contribution in [2.24, 2.45) is 0 Å². The van der Waals surface area contributed by atoms with Gasteiger partial charge in [0.1, 0.15) is 11.3 Å². The molecule has 0 saturated carbocycles. The lowest BCUT2D eigenvalue weighted by molar-refractivity contribution is -0.0566. The summed E-state index contributed by atoms with van der Waals surface area (Å²) in [6, 6.07) is 5.23. The lowest BCUT2D eigenvalue weighted by Gasteiger charge is -2.45. The molecule has 2 heterocycles. The number of benzene rings is 1. The fraction of sp³-hybridized carbons (Fsp3) is 0.579. The molecule has 3 rings (SSSR count). The van der Waals surface area contributed by atoms with Gasteiger partial charge >= 0.3 is 5.97 Å². The van der Waals surface area contributed by atoms with Crippen LogP contribution in [0.25, 0.3) is 0 Å². The molecule has 2 fully saturated rings. The van der Waals surface area contributed by atoms with E-state index in [2.05, 4.69) is 0 Å². The Kier molecular flexibility index (Phi) is 5.58. The van der Waals surface area contributed by atoms with Gasteiger partial charge in [-0.3, -0.25) is 4.79 Å². The second-order valence-electron chi connectivity index (χ2n) is 6.35. The summed E-state index contributed by atoms with van der Waals surface area (Å²) < 4.78 is 16.3. The van der Waals surface area contributed by atoms with Gasteiger partial charge in [-0.15, -0.1) is 0 Å². The van der Waals surface area contributed by atoms with Crippen LogP contribution < -0.4 is 4.74 Å². The van der Waals surface area contributed by atoms with Gasteiger partial charge in [0.2, 0.25) is 0 Å². The molecule has 1 aromatic carbocycles. The molecule has 136 valence electrons. The van der Waals surface area contributed by atoms with E-state index in [1.54, 1.807) is 25.1 Å². The average Bonchev–Trinajstić information content (AvgIpc) is 2.61. The van der Waals surface area contributed by atoms with Gasteiger partial charge in [0.25, 0.3) is 5.91 Å². The molecule has 0 aliphatic carbocycles. The van der Waals surface area contributed by atoms with Gasteiger partial charge in [0, 0.05) is 5.56 Å². The quantitative estimate of drug-likeness (QED) is 0.766. The third-order valence-electron chi connectivity index (χ3n) is 4.74. The van der Waals surface area contributed by atoms with Crippen molar-refractivity contribution in [3.05, 3.63) is 29.3 Å². The minimum atomic E-state index is -0.437. The van der Waals surface area contributed by atoms with Crippen molar-refractivity contribution in [2.75, 3.05) is 26.4 Å². The molecule has 0 radical (unpaired) electrons. The van der Waals surface area contributed by atoms with Crippen LogP contribution in [-0.2, 0) is 9.47 Å². The van der Waals surface area contributed by atoms with Crippen molar-refractivity contribution < 1.29 is 23.8 Å². The van der Waals surface area contributed by atoms with Gasteiger partial charge in [-0.05, 0) is 51.3 Å². The predicted octanol–water partition coefficient (Wildman–Crippen LogP) is 2.66. The maximum atomic E-state index is 13.1. The van der Waals surface area contributed by atoms with Crippen molar-refractivity contribution in [1.29, 1.82) is 0 Å². The first-order chi connectivity index (χ1) is 12.2. The molecule has 2 aliphatic heterocycles. The number of piperidine rings is 1. The Labute approximate surface area is 148 Å². The van der Waals surface area contributed by atoms with Crippen molar-refractivity contribution >= 4 is 11.9 Å².